The maximum Gasteiger partial charge on any atom is 0.269 e. The number of hydrogen-bond acceptors (Lipinski definition) is 4. The molecule has 0 saturated carbocycles. The Bertz CT molecular complexity index is 812. The summed E-state index contributed by atoms with van der Waals surface area (Å²) >= 11 is 0. The zero-order valence-electron chi connectivity index (χ0n) is 13.3. The monoisotopic (exact) mass is 322 g/mol. The van der Waals surface area contributed by atoms with Gasteiger partial charge in [0.2, 0.25) is 0 Å². The number of hydrazine groups is 1. The van der Waals surface area contributed by atoms with Gasteiger partial charge in [0.15, 0.2) is 0 Å². The average molecular weight is 322 g/mol. The molecule has 0 radical (unpaired) electrons. The molecule has 0 spiro atoms. The Balaban J connectivity index is 1.64. The van der Waals surface area contributed by atoms with Crippen LogP contribution in [0.4, 0.5) is 0 Å². The van der Waals surface area contributed by atoms with Gasteiger partial charge < -0.3 is 9.15 Å². The molecule has 0 aliphatic rings. The van der Waals surface area contributed by atoms with Gasteiger partial charge in [0.1, 0.15) is 23.0 Å². The molecular weight excluding hydrogens is 304 g/mol. The van der Waals surface area contributed by atoms with Crippen molar-refractivity contribution >= 4 is 5.91 Å². The fourth-order valence-corrected chi connectivity index (χ4v) is 2.22. The average Bonchev–Trinajstić information content (AvgIpc) is 3.01. The van der Waals surface area contributed by atoms with Gasteiger partial charge in [-0.05, 0) is 43.3 Å². The van der Waals surface area contributed by atoms with E-state index in [9.17, 15) is 4.79 Å². The van der Waals surface area contributed by atoms with E-state index in [1.807, 2.05) is 55.5 Å². The van der Waals surface area contributed by atoms with Crippen LogP contribution in [0.1, 0.15) is 21.9 Å². The van der Waals surface area contributed by atoms with Crippen molar-refractivity contribution in [2.24, 2.45) is 0 Å². The predicted octanol–water partition coefficient (Wildman–Crippen LogP) is 3.81. The van der Waals surface area contributed by atoms with Crippen LogP contribution in [0.5, 0.6) is 11.5 Å². The Hall–Kier alpha value is -3.05. The summed E-state index contributed by atoms with van der Waals surface area (Å²) in [6.45, 7) is 2.28. The summed E-state index contributed by atoms with van der Waals surface area (Å²) in [5.74, 6) is 2.49. The first-order chi connectivity index (χ1) is 11.7. The summed E-state index contributed by atoms with van der Waals surface area (Å²) in [4.78, 5) is 12.4. The number of benzene rings is 2. The molecule has 122 valence electrons. The molecule has 3 rings (SSSR count). The number of carbonyl (C=O) groups is 1. The molecule has 0 fully saturated rings. The second-order valence-electron chi connectivity index (χ2n) is 5.23. The summed E-state index contributed by atoms with van der Waals surface area (Å²) in [5, 5.41) is 0. The van der Waals surface area contributed by atoms with Gasteiger partial charge in [-0.25, -0.2) is 5.43 Å². The maximum absolute atomic E-state index is 12.4. The first-order valence-electron chi connectivity index (χ1n) is 7.63. The van der Waals surface area contributed by atoms with Gasteiger partial charge in [-0.2, -0.15) is 0 Å². The molecule has 5 nitrogen and oxygen atoms in total. The van der Waals surface area contributed by atoms with E-state index in [2.05, 4.69) is 10.9 Å². The number of hydrogen-bond donors (Lipinski definition) is 2. The highest BCUT2D eigenvalue weighted by Crippen LogP contribution is 2.24. The minimum absolute atomic E-state index is 0.273. The van der Waals surface area contributed by atoms with Crippen molar-refractivity contribution in [3.05, 3.63) is 83.8 Å². The van der Waals surface area contributed by atoms with Crippen molar-refractivity contribution in [1.82, 2.24) is 10.9 Å². The second kappa shape index (κ2) is 7.48. The third kappa shape index (κ3) is 4.02. The van der Waals surface area contributed by atoms with Gasteiger partial charge in [0.25, 0.3) is 5.91 Å². The van der Waals surface area contributed by atoms with E-state index >= 15 is 0 Å². The van der Waals surface area contributed by atoms with Crippen LogP contribution in [0, 0.1) is 6.92 Å². The normalized spacial score (nSPS) is 10.4. The first-order valence-corrected chi connectivity index (χ1v) is 7.63. The number of aryl methyl sites for hydroxylation is 1. The minimum Gasteiger partial charge on any atom is -0.465 e. The van der Waals surface area contributed by atoms with Gasteiger partial charge >= 0.3 is 0 Å². The molecule has 0 saturated heterocycles. The van der Waals surface area contributed by atoms with Gasteiger partial charge in [-0.15, -0.1) is 0 Å². The van der Waals surface area contributed by atoms with Crippen LogP contribution in [0.2, 0.25) is 0 Å². The maximum atomic E-state index is 12.4. The van der Waals surface area contributed by atoms with Crippen LogP contribution >= 0.6 is 0 Å². The fraction of sp³-hybridized carbons (Fsp3) is 0.105. The molecule has 2 N–H and O–H groups in total. The van der Waals surface area contributed by atoms with Gasteiger partial charge in [0.05, 0.1) is 12.1 Å². The lowest BCUT2D eigenvalue weighted by Crippen LogP contribution is -2.36. The number of ether oxygens (including phenoxy) is 1. The van der Waals surface area contributed by atoms with Crippen molar-refractivity contribution in [1.29, 1.82) is 0 Å². The van der Waals surface area contributed by atoms with Crippen LogP contribution in [0.3, 0.4) is 0 Å². The molecule has 1 aromatic heterocycles. The standard InChI is InChI=1S/C19H18N2O3/c1-14-11-12-16(23-14)13-20-21-19(22)17-9-5-6-10-18(17)24-15-7-3-2-4-8-15/h2-12,20H,13H2,1H3,(H,21,22). The minimum atomic E-state index is -0.273. The Labute approximate surface area is 140 Å². The molecule has 1 heterocycles. The van der Waals surface area contributed by atoms with Gasteiger partial charge in [-0.3, -0.25) is 10.2 Å². The summed E-state index contributed by atoms with van der Waals surface area (Å²) in [5.41, 5.74) is 5.96. The number of para-hydroxylation sites is 2. The predicted molar refractivity (Wildman–Crippen MR) is 90.7 cm³/mol. The summed E-state index contributed by atoms with van der Waals surface area (Å²) < 4.78 is 11.2. The van der Waals surface area contributed by atoms with Crippen molar-refractivity contribution in [3.8, 4) is 11.5 Å². The molecule has 0 atom stereocenters. The Morgan fingerprint density at radius 2 is 1.75 bits per heavy atom. The number of nitrogens with one attached hydrogen (secondary N) is 2. The molecule has 3 aromatic rings. The molecule has 0 aliphatic carbocycles. The summed E-state index contributed by atoms with van der Waals surface area (Å²) in [7, 11) is 0. The molecule has 0 bridgehead atoms. The molecule has 2 aromatic carbocycles. The van der Waals surface area contributed by atoms with Crippen LogP contribution in [-0.4, -0.2) is 5.91 Å². The van der Waals surface area contributed by atoms with Crippen LogP contribution in [-0.2, 0) is 6.54 Å². The molecular formula is C19H18N2O3. The first kappa shape index (κ1) is 15.8. The number of carbonyl (C=O) groups excluding carboxylic acids is 1. The van der Waals surface area contributed by atoms with E-state index in [0.29, 0.717) is 23.6 Å². The van der Waals surface area contributed by atoms with Crippen LogP contribution in [0.15, 0.2) is 71.1 Å². The van der Waals surface area contributed by atoms with E-state index in [4.69, 9.17) is 9.15 Å². The van der Waals surface area contributed by atoms with Crippen molar-refractivity contribution in [2.75, 3.05) is 0 Å². The van der Waals surface area contributed by atoms with Crippen molar-refractivity contribution in [3.63, 3.8) is 0 Å². The van der Waals surface area contributed by atoms with E-state index in [-0.39, 0.29) is 5.91 Å². The van der Waals surface area contributed by atoms with E-state index in [1.54, 1.807) is 18.2 Å². The lowest BCUT2D eigenvalue weighted by molar-refractivity contribution is 0.0929. The zero-order chi connectivity index (χ0) is 16.8. The smallest absolute Gasteiger partial charge is 0.269 e. The van der Waals surface area contributed by atoms with E-state index in [1.165, 1.54) is 0 Å². The highest BCUT2D eigenvalue weighted by Gasteiger charge is 2.12. The molecule has 0 aliphatic heterocycles. The summed E-state index contributed by atoms with van der Waals surface area (Å²) in [6, 6.07) is 20.2. The fourth-order valence-electron chi connectivity index (χ4n) is 2.22. The number of amides is 1. The van der Waals surface area contributed by atoms with Gasteiger partial charge in [0, 0.05) is 0 Å². The SMILES string of the molecule is Cc1ccc(CNNC(=O)c2ccccc2Oc2ccccc2)o1. The Morgan fingerprint density at radius 3 is 2.50 bits per heavy atom. The highest BCUT2D eigenvalue weighted by atomic mass is 16.5. The molecule has 24 heavy (non-hydrogen) atoms. The number of furan rings is 1. The topological polar surface area (TPSA) is 63.5 Å². The molecule has 0 unspecified atom stereocenters. The Kier molecular flexibility index (Phi) is 4.93. The summed E-state index contributed by atoms with van der Waals surface area (Å²) in [6.07, 6.45) is 0. The van der Waals surface area contributed by atoms with Crippen molar-refractivity contribution in [2.45, 2.75) is 13.5 Å². The quantitative estimate of drug-likeness (QED) is 0.677. The zero-order valence-corrected chi connectivity index (χ0v) is 13.3. The van der Waals surface area contributed by atoms with Crippen LogP contribution in [0.25, 0.3) is 0 Å². The van der Waals surface area contributed by atoms with E-state index < -0.39 is 0 Å². The largest absolute Gasteiger partial charge is 0.465 e. The number of rotatable bonds is 6. The lowest BCUT2D eigenvalue weighted by atomic mass is 10.2. The third-order valence-corrected chi connectivity index (χ3v) is 3.36. The second-order valence-corrected chi connectivity index (χ2v) is 5.23. The van der Waals surface area contributed by atoms with Crippen molar-refractivity contribution < 1.29 is 13.9 Å². The molecule has 1 amide bonds. The Morgan fingerprint density at radius 1 is 1.00 bits per heavy atom. The third-order valence-electron chi connectivity index (χ3n) is 3.36. The molecule has 5 heteroatoms. The van der Waals surface area contributed by atoms with Crippen LogP contribution < -0.4 is 15.6 Å². The lowest BCUT2D eigenvalue weighted by Gasteiger charge is -2.11. The highest BCUT2D eigenvalue weighted by molar-refractivity contribution is 5.96. The van der Waals surface area contributed by atoms with E-state index in [0.717, 1.165) is 11.5 Å². The van der Waals surface area contributed by atoms with Gasteiger partial charge in [-0.1, -0.05) is 30.3 Å².